The number of fused-ring (bicyclic) bond motifs is 1. The first-order valence-electron chi connectivity index (χ1n) is 9.34. The van der Waals surface area contributed by atoms with Crippen LogP contribution in [0, 0.1) is 0 Å². The number of rotatable bonds is 8. The predicted molar refractivity (Wildman–Crippen MR) is 94.2 cm³/mol. The molecule has 0 saturated carbocycles. The van der Waals surface area contributed by atoms with Crippen LogP contribution >= 0.6 is 0 Å². The van der Waals surface area contributed by atoms with Crippen LogP contribution in [0.3, 0.4) is 0 Å². The Morgan fingerprint density at radius 1 is 1.21 bits per heavy atom. The molecule has 1 fully saturated rings. The highest BCUT2D eigenvalue weighted by atomic mass is 16.5. The molecule has 2 atom stereocenters. The molecule has 2 unspecified atom stereocenters. The topological polar surface area (TPSA) is 57.3 Å². The molecule has 1 saturated heterocycles. The van der Waals surface area contributed by atoms with Crippen molar-refractivity contribution >= 4 is 11.1 Å². The second-order valence-corrected chi connectivity index (χ2v) is 6.90. The molecule has 2 aromatic heterocycles. The first-order valence-corrected chi connectivity index (χ1v) is 9.34. The lowest BCUT2D eigenvalue weighted by atomic mass is 10.1. The smallest absolute Gasteiger partial charge is 0.353 e. The van der Waals surface area contributed by atoms with Gasteiger partial charge in [-0.25, -0.2) is 4.79 Å². The van der Waals surface area contributed by atoms with E-state index in [0.717, 1.165) is 36.8 Å². The van der Waals surface area contributed by atoms with Gasteiger partial charge in [0, 0.05) is 12.6 Å². The maximum absolute atomic E-state index is 12.2. The third-order valence-electron chi connectivity index (χ3n) is 4.78. The van der Waals surface area contributed by atoms with E-state index < -0.39 is 0 Å². The monoisotopic (exact) mass is 332 g/mol. The minimum absolute atomic E-state index is 0.193. The summed E-state index contributed by atoms with van der Waals surface area (Å²) in [5.41, 5.74) is 0.158. The van der Waals surface area contributed by atoms with Gasteiger partial charge in [-0.15, -0.1) is 0 Å². The maximum atomic E-state index is 12.2. The van der Waals surface area contributed by atoms with Gasteiger partial charge in [0.05, 0.1) is 11.5 Å². The number of furan rings is 1. The van der Waals surface area contributed by atoms with Gasteiger partial charge in [0.1, 0.15) is 12.0 Å². The van der Waals surface area contributed by atoms with Crippen molar-refractivity contribution in [2.24, 2.45) is 0 Å². The highest BCUT2D eigenvalue weighted by Crippen LogP contribution is 2.27. The summed E-state index contributed by atoms with van der Waals surface area (Å²) in [6.07, 6.45) is 12.1. The summed E-state index contributed by atoms with van der Waals surface area (Å²) >= 11 is 0. The van der Waals surface area contributed by atoms with Crippen LogP contribution in [0.2, 0.25) is 0 Å². The van der Waals surface area contributed by atoms with Crippen LogP contribution in [0.15, 0.2) is 21.5 Å². The quantitative estimate of drug-likeness (QED) is 0.663. The van der Waals surface area contributed by atoms with Crippen LogP contribution in [-0.2, 0) is 11.2 Å². The van der Waals surface area contributed by atoms with Gasteiger partial charge in [-0.2, -0.15) is 4.98 Å². The molecule has 0 radical (unpaired) electrons. The number of ether oxygens (including phenoxy) is 1. The van der Waals surface area contributed by atoms with Crippen LogP contribution in [0.25, 0.3) is 11.1 Å². The average molecular weight is 332 g/mol. The predicted octanol–water partition coefficient (Wildman–Crippen LogP) is 4.59. The first-order chi connectivity index (χ1) is 11.7. The second-order valence-electron chi connectivity index (χ2n) is 6.90. The number of nitrogens with zero attached hydrogens (tertiary/aromatic N) is 2. The van der Waals surface area contributed by atoms with Gasteiger partial charge in [0.25, 0.3) is 0 Å². The summed E-state index contributed by atoms with van der Waals surface area (Å²) in [6, 6.07) is 2.02. The fourth-order valence-corrected chi connectivity index (χ4v) is 3.37. The Labute approximate surface area is 143 Å². The fourth-order valence-electron chi connectivity index (χ4n) is 3.37. The summed E-state index contributed by atoms with van der Waals surface area (Å²) in [7, 11) is 0. The largest absolute Gasteiger partial charge is 0.443 e. The Bertz CT molecular complexity index is 719. The van der Waals surface area contributed by atoms with E-state index in [1.165, 1.54) is 32.1 Å². The summed E-state index contributed by atoms with van der Waals surface area (Å²) in [4.78, 5) is 16.3. The molecule has 1 aliphatic rings. The van der Waals surface area contributed by atoms with E-state index in [0.29, 0.717) is 5.71 Å². The number of unbranched alkanes of at least 4 members (excludes halogenated alkanes) is 5. The van der Waals surface area contributed by atoms with E-state index in [9.17, 15) is 4.79 Å². The average Bonchev–Trinajstić information content (AvgIpc) is 3.15. The van der Waals surface area contributed by atoms with Gasteiger partial charge < -0.3 is 9.15 Å². The summed E-state index contributed by atoms with van der Waals surface area (Å²) in [6.45, 7) is 4.27. The van der Waals surface area contributed by atoms with Crippen LogP contribution in [-0.4, -0.2) is 15.7 Å². The fraction of sp³-hybridized carbons (Fsp3) is 0.684. The molecule has 5 heteroatoms. The van der Waals surface area contributed by atoms with Gasteiger partial charge >= 0.3 is 5.69 Å². The second kappa shape index (κ2) is 7.97. The Kier molecular flexibility index (Phi) is 5.72. The Hall–Kier alpha value is -1.62. The summed E-state index contributed by atoms with van der Waals surface area (Å²) in [5.74, 6) is 0.922. The molecular weight excluding hydrogens is 304 g/mol. The van der Waals surface area contributed by atoms with E-state index in [-0.39, 0.29) is 18.0 Å². The van der Waals surface area contributed by atoms with Crippen molar-refractivity contribution in [3.8, 4) is 0 Å². The lowest BCUT2D eigenvalue weighted by Crippen LogP contribution is -2.26. The van der Waals surface area contributed by atoms with E-state index in [1.54, 1.807) is 4.57 Å². The van der Waals surface area contributed by atoms with E-state index in [2.05, 4.69) is 11.9 Å². The molecule has 0 aliphatic carbocycles. The molecule has 132 valence electrons. The Balaban J connectivity index is 1.64. The van der Waals surface area contributed by atoms with E-state index in [1.807, 2.05) is 19.2 Å². The van der Waals surface area contributed by atoms with Crippen molar-refractivity contribution in [3.63, 3.8) is 0 Å². The number of hydrogen-bond acceptors (Lipinski definition) is 4. The zero-order valence-corrected chi connectivity index (χ0v) is 14.8. The molecule has 5 nitrogen and oxygen atoms in total. The molecule has 0 N–H and O–H groups in total. The molecule has 1 aliphatic heterocycles. The third-order valence-corrected chi connectivity index (χ3v) is 4.78. The SMILES string of the molecule is CCCCCCCCc1cc2cn(C3CCC(C)O3)c(=O)nc2o1. The van der Waals surface area contributed by atoms with Gasteiger partial charge in [0.2, 0.25) is 5.71 Å². The Morgan fingerprint density at radius 2 is 2.00 bits per heavy atom. The van der Waals surface area contributed by atoms with Gasteiger partial charge in [0.15, 0.2) is 0 Å². The van der Waals surface area contributed by atoms with Crippen LogP contribution in [0.5, 0.6) is 0 Å². The summed E-state index contributed by atoms with van der Waals surface area (Å²) < 4.78 is 13.1. The lowest BCUT2D eigenvalue weighted by Gasteiger charge is -2.13. The van der Waals surface area contributed by atoms with Crippen LogP contribution in [0.4, 0.5) is 0 Å². The van der Waals surface area contributed by atoms with Crippen molar-refractivity contribution in [1.29, 1.82) is 0 Å². The minimum atomic E-state index is -0.290. The first kappa shape index (κ1) is 17.2. The van der Waals surface area contributed by atoms with Crippen molar-refractivity contribution in [1.82, 2.24) is 9.55 Å². The molecule has 0 spiro atoms. The molecule has 2 aromatic rings. The normalized spacial score (nSPS) is 20.9. The van der Waals surface area contributed by atoms with Crippen molar-refractivity contribution in [2.45, 2.75) is 84.0 Å². The minimum Gasteiger partial charge on any atom is -0.443 e. The zero-order chi connectivity index (χ0) is 16.9. The molecule has 0 bridgehead atoms. The van der Waals surface area contributed by atoms with Crippen molar-refractivity contribution < 1.29 is 9.15 Å². The molecule has 0 amide bonds. The number of aryl methyl sites for hydroxylation is 1. The number of hydrogen-bond donors (Lipinski definition) is 0. The zero-order valence-electron chi connectivity index (χ0n) is 14.8. The highest BCUT2D eigenvalue weighted by molar-refractivity contribution is 5.72. The van der Waals surface area contributed by atoms with Crippen LogP contribution < -0.4 is 5.69 Å². The van der Waals surface area contributed by atoms with Gasteiger partial charge in [-0.1, -0.05) is 39.0 Å². The van der Waals surface area contributed by atoms with Gasteiger partial charge in [-0.05, 0) is 32.3 Å². The standard InChI is InChI=1S/C19H28N2O3/c1-3-4-5-6-7-8-9-16-12-15-13-21(17-11-10-14(2)23-17)19(22)20-18(15)24-16/h12-14,17H,3-11H2,1-2H3. The lowest BCUT2D eigenvalue weighted by molar-refractivity contribution is 0.00828. The molecule has 3 heterocycles. The molecular formula is C19H28N2O3. The maximum Gasteiger partial charge on any atom is 0.353 e. The molecule has 0 aromatic carbocycles. The molecule has 24 heavy (non-hydrogen) atoms. The van der Waals surface area contributed by atoms with Crippen molar-refractivity contribution in [2.75, 3.05) is 0 Å². The number of aromatic nitrogens is 2. The van der Waals surface area contributed by atoms with Crippen molar-refractivity contribution in [3.05, 3.63) is 28.5 Å². The highest BCUT2D eigenvalue weighted by Gasteiger charge is 2.25. The molecule has 3 rings (SSSR count). The Morgan fingerprint density at radius 3 is 2.75 bits per heavy atom. The van der Waals surface area contributed by atoms with E-state index >= 15 is 0 Å². The van der Waals surface area contributed by atoms with Gasteiger partial charge in [-0.3, -0.25) is 4.57 Å². The van der Waals surface area contributed by atoms with E-state index in [4.69, 9.17) is 9.15 Å². The summed E-state index contributed by atoms with van der Waals surface area (Å²) in [5, 5.41) is 0.888. The third kappa shape index (κ3) is 4.07. The van der Waals surface area contributed by atoms with Crippen LogP contribution in [0.1, 0.15) is 77.2 Å².